The van der Waals surface area contributed by atoms with E-state index in [1.165, 1.54) is 4.68 Å². The molecule has 0 spiro atoms. The Morgan fingerprint density at radius 1 is 1.40 bits per heavy atom. The van der Waals surface area contributed by atoms with Gasteiger partial charge in [-0.15, -0.1) is 12.4 Å². The van der Waals surface area contributed by atoms with Crippen LogP contribution in [0, 0.1) is 17.8 Å². The number of nitrogens with zero attached hydrogens (tertiary/aromatic N) is 2. The van der Waals surface area contributed by atoms with Crippen molar-refractivity contribution in [2.45, 2.75) is 51.6 Å². The van der Waals surface area contributed by atoms with E-state index in [-0.39, 0.29) is 36.2 Å². The molecule has 0 radical (unpaired) electrons. The third-order valence-corrected chi connectivity index (χ3v) is 5.48. The summed E-state index contributed by atoms with van der Waals surface area (Å²) in [6.45, 7) is 5.54. The van der Waals surface area contributed by atoms with Crippen LogP contribution in [0.2, 0.25) is 0 Å². The first-order chi connectivity index (χ1) is 11.3. The monoisotopic (exact) mass is 370 g/mol. The molecule has 2 fully saturated rings. The zero-order chi connectivity index (χ0) is 17.5. The zero-order valence-electron chi connectivity index (χ0n) is 14.9. The van der Waals surface area contributed by atoms with E-state index < -0.39 is 5.54 Å². The van der Waals surface area contributed by atoms with E-state index in [0.717, 1.165) is 19.3 Å². The topological polar surface area (TPSA) is 99.2 Å². The Hall–Kier alpha value is -1.60. The number of anilines is 1. The first kappa shape index (κ1) is 19.7. The summed E-state index contributed by atoms with van der Waals surface area (Å²) in [6, 6.07) is -0.0465. The van der Waals surface area contributed by atoms with Crippen molar-refractivity contribution < 1.29 is 14.3 Å². The first-order valence-electron chi connectivity index (χ1n) is 8.63. The van der Waals surface area contributed by atoms with E-state index in [0.29, 0.717) is 24.1 Å². The third kappa shape index (κ3) is 3.53. The van der Waals surface area contributed by atoms with E-state index in [1.54, 1.807) is 33.2 Å². The summed E-state index contributed by atoms with van der Waals surface area (Å²) in [5, 5.41) is 7.12. The minimum Gasteiger partial charge on any atom is -0.464 e. The second-order valence-corrected chi connectivity index (χ2v) is 7.38. The fourth-order valence-corrected chi connectivity index (χ4v) is 4.04. The number of halogens is 1. The maximum Gasteiger partial charge on any atom is 0.333 e. The van der Waals surface area contributed by atoms with Crippen molar-refractivity contribution in [2.75, 3.05) is 11.9 Å². The summed E-state index contributed by atoms with van der Waals surface area (Å²) in [6.07, 6.45) is 6.51. The number of nitrogens with one attached hydrogen (secondary N) is 1. The minimum atomic E-state index is -0.929. The van der Waals surface area contributed by atoms with Crippen molar-refractivity contribution in [3.63, 3.8) is 0 Å². The van der Waals surface area contributed by atoms with Gasteiger partial charge in [0.25, 0.3) is 0 Å². The van der Waals surface area contributed by atoms with Crippen LogP contribution in [0.1, 0.15) is 40.0 Å². The Labute approximate surface area is 154 Å². The molecule has 25 heavy (non-hydrogen) atoms. The summed E-state index contributed by atoms with van der Waals surface area (Å²) in [4.78, 5) is 24.6. The van der Waals surface area contributed by atoms with Crippen LogP contribution >= 0.6 is 12.4 Å². The molecule has 2 aliphatic carbocycles. The predicted molar refractivity (Wildman–Crippen MR) is 96.4 cm³/mol. The van der Waals surface area contributed by atoms with Crippen LogP contribution < -0.4 is 11.1 Å². The molecule has 140 valence electrons. The molecule has 4 unspecified atom stereocenters. The normalized spacial score (nSPS) is 27.7. The van der Waals surface area contributed by atoms with E-state index in [9.17, 15) is 9.59 Å². The van der Waals surface area contributed by atoms with E-state index in [2.05, 4.69) is 10.4 Å². The highest BCUT2D eigenvalue weighted by molar-refractivity contribution is 5.93. The van der Waals surface area contributed by atoms with Crippen molar-refractivity contribution in [3.8, 4) is 0 Å². The van der Waals surface area contributed by atoms with Crippen LogP contribution in [0.25, 0.3) is 0 Å². The molecular weight excluding hydrogens is 344 g/mol. The molecule has 2 aliphatic rings. The molecule has 1 aromatic heterocycles. The lowest BCUT2D eigenvalue weighted by Gasteiger charge is -2.26. The number of carbonyl (C=O) groups excluding carboxylic acids is 2. The highest BCUT2D eigenvalue weighted by Gasteiger charge is 2.49. The van der Waals surface area contributed by atoms with Gasteiger partial charge in [-0.3, -0.25) is 9.48 Å². The highest BCUT2D eigenvalue weighted by Crippen LogP contribution is 2.47. The minimum absolute atomic E-state index is 0. The van der Waals surface area contributed by atoms with Crippen LogP contribution in [0.15, 0.2) is 12.4 Å². The number of nitrogens with two attached hydrogens (primary N) is 1. The van der Waals surface area contributed by atoms with Gasteiger partial charge in [0.15, 0.2) is 5.54 Å². The van der Waals surface area contributed by atoms with Crippen molar-refractivity contribution in [3.05, 3.63) is 12.4 Å². The Morgan fingerprint density at radius 3 is 2.68 bits per heavy atom. The number of amides is 1. The van der Waals surface area contributed by atoms with Crippen LogP contribution in [-0.4, -0.2) is 34.3 Å². The molecule has 3 N–H and O–H groups in total. The lowest BCUT2D eigenvalue weighted by atomic mass is 9.84. The van der Waals surface area contributed by atoms with Gasteiger partial charge in [0.05, 0.1) is 24.4 Å². The van der Waals surface area contributed by atoms with Gasteiger partial charge in [0, 0.05) is 12.2 Å². The van der Waals surface area contributed by atoms with Crippen LogP contribution in [0.5, 0.6) is 0 Å². The molecule has 7 nitrogen and oxygen atoms in total. The molecular formula is C17H27ClN4O3. The molecule has 2 bridgehead atoms. The fourth-order valence-electron chi connectivity index (χ4n) is 4.04. The largest absolute Gasteiger partial charge is 0.464 e. The van der Waals surface area contributed by atoms with Crippen LogP contribution in [-0.2, 0) is 19.9 Å². The summed E-state index contributed by atoms with van der Waals surface area (Å²) in [5.41, 5.74) is 5.87. The fraction of sp³-hybridized carbons (Fsp3) is 0.706. The standard InChI is InChI=1S/C17H26N4O3.ClH/c1-4-24-16(23)17(2,3)21-9-12(8-19-21)20-15(22)13-10-5-6-11(7-10)14(13)18;/h8-11,13-14H,4-7,18H2,1-3H3,(H,20,22);1H. The Bertz CT molecular complexity index is 644. The number of fused-ring (bicyclic) bond motifs is 2. The quantitative estimate of drug-likeness (QED) is 0.771. The molecule has 1 heterocycles. The summed E-state index contributed by atoms with van der Waals surface area (Å²) < 4.78 is 6.59. The summed E-state index contributed by atoms with van der Waals surface area (Å²) in [7, 11) is 0. The maximum absolute atomic E-state index is 12.6. The molecule has 0 aliphatic heterocycles. The summed E-state index contributed by atoms with van der Waals surface area (Å²) in [5.74, 6) is 0.363. The van der Waals surface area contributed by atoms with Gasteiger partial charge in [-0.25, -0.2) is 4.79 Å². The average molecular weight is 371 g/mol. The maximum atomic E-state index is 12.6. The van der Waals surface area contributed by atoms with Gasteiger partial charge >= 0.3 is 5.97 Å². The molecule has 0 aromatic carbocycles. The van der Waals surface area contributed by atoms with E-state index in [4.69, 9.17) is 10.5 Å². The smallest absolute Gasteiger partial charge is 0.333 e. The second kappa shape index (κ2) is 7.33. The van der Waals surface area contributed by atoms with Crippen molar-refractivity contribution in [2.24, 2.45) is 23.5 Å². The third-order valence-electron chi connectivity index (χ3n) is 5.48. The van der Waals surface area contributed by atoms with Crippen LogP contribution in [0.3, 0.4) is 0 Å². The Kier molecular flexibility index (Phi) is 5.79. The van der Waals surface area contributed by atoms with Crippen molar-refractivity contribution >= 4 is 30.0 Å². The molecule has 4 atom stereocenters. The SMILES string of the molecule is CCOC(=O)C(C)(C)n1cc(NC(=O)C2C3CCC(C3)C2N)cn1.Cl. The van der Waals surface area contributed by atoms with E-state index in [1.807, 2.05) is 0 Å². The lowest BCUT2D eigenvalue weighted by molar-refractivity contribution is -0.152. The average Bonchev–Trinajstić information content (AvgIpc) is 3.23. The number of esters is 1. The van der Waals surface area contributed by atoms with E-state index >= 15 is 0 Å². The first-order valence-corrected chi connectivity index (χ1v) is 8.63. The molecule has 0 saturated heterocycles. The van der Waals surface area contributed by atoms with Gasteiger partial charge < -0.3 is 15.8 Å². The molecule has 1 aromatic rings. The van der Waals surface area contributed by atoms with Gasteiger partial charge in [-0.1, -0.05) is 0 Å². The Balaban J connectivity index is 0.00000225. The molecule has 1 amide bonds. The Morgan fingerprint density at radius 2 is 2.08 bits per heavy atom. The zero-order valence-corrected chi connectivity index (χ0v) is 15.7. The van der Waals surface area contributed by atoms with Crippen molar-refractivity contribution in [1.29, 1.82) is 0 Å². The van der Waals surface area contributed by atoms with Gasteiger partial charge in [-0.05, 0) is 51.9 Å². The number of rotatable bonds is 5. The van der Waals surface area contributed by atoms with Crippen LogP contribution in [0.4, 0.5) is 5.69 Å². The molecule has 8 heteroatoms. The molecule has 2 saturated carbocycles. The predicted octanol–water partition coefficient (Wildman–Crippen LogP) is 1.91. The van der Waals surface area contributed by atoms with Crippen molar-refractivity contribution in [1.82, 2.24) is 9.78 Å². The molecule has 3 rings (SSSR count). The summed E-state index contributed by atoms with van der Waals surface area (Å²) >= 11 is 0. The van der Waals surface area contributed by atoms with Gasteiger partial charge in [-0.2, -0.15) is 5.10 Å². The second-order valence-electron chi connectivity index (χ2n) is 7.38. The number of aromatic nitrogens is 2. The lowest BCUT2D eigenvalue weighted by Crippen LogP contribution is -2.42. The number of hydrogen-bond donors (Lipinski definition) is 2. The number of ether oxygens (including phenoxy) is 1. The van der Waals surface area contributed by atoms with Gasteiger partial charge in [0.2, 0.25) is 5.91 Å². The number of carbonyl (C=O) groups is 2. The highest BCUT2D eigenvalue weighted by atomic mass is 35.5. The van der Waals surface area contributed by atoms with Gasteiger partial charge in [0.1, 0.15) is 0 Å². The number of hydrogen-bond acceptors (Lipinski definition) is 5.